The standard InChI is InChI=1S/C19H31N5O/c1-19(2)15-22(9-6-16(19)20)10-7-18(25)24-13-11-23(12-14-24)17-5-3-4-8-21-17/h3-5,8,16H,6-7,9-15,20H2,1-2H3. The molecule has 6 nitrogen and oxygen atoms in total. The summed E-state index contributed by atoms with van der Waals surface area (Å²) in [6, 6.07) is 6.23. The molecule has 0 bridgehead atoms. The maximum absolute atomic E-state index is 12.6. The number of piperidine rings is 1. The zero-order valence-corrected chi connectivity index (χ0v) is 15.5. The molecule has 0 spiro atoms. The lowest BCUT2D eigenvalue weighted by atomic mass is 9.79. The summed E-state index contributed by atoms with van der Waals surface area (Å²) in [4.78, 5) is 23.6. The Morgan fingerprint density at radius 1 is 1.24 bits per heavy atom. The molecule has 3 rings (SSSR count). The Labute approximate surface area is 151 Å². The van der Waals surface area contributed by atoms with Gasteiger partial charge < -0.3 is 20.4 Å². The Morgan fingerprint density at radius 2 is 2.00 bits per heavy atom. The van der Waals surface area contributed by atoms with Gasteiger partial charge >= 0.3 is 0 Å². The molecule has 1 amide bonds. The van der Waals surface area contributed by atoms with Crippen molar-refractivity contribution in [2.24, 2.45) is 11.1 Å². The average molecular weight is 345 g/mol. The average Bonchev–Trinajstić information content (AvgIpc) is 2.63. The Kier molecular flexibility index (Phi) is 5.59. The lowest BCUT2D eigenvalue weighted by Crippen LogP contribution is -2.53. The SMILES string of the molecule is CC1(C)CN(CCC(=O)N2CCN(c3ccccn3)CC2)CCC1N. The summed E-state index contributed by atoms with van der Waals surface area (Å²) in [6.45, 7) is 10.6. The van der Waals surface area contributed by atoms with Crippen LogP contribution >= 0.6 is 0 Å². The van der Waals surface area contributed by atoms with Crippen LogP contribution in [0.4, 0.5) is 5.82 Å². The van der Waals surface area contributed by atoms with Crippen LogP contribution in [0, 0.1) is 5.41 Å². The molecule has 1 aromatic heterocycles. The van der Waals surface area contributed by atoms with Gasteiger partial charge in [0.1, 0.15) is 5.82 Å². The number of nitrogens with zero attached hydrogens (tertiary/aromatic N) is 4. The summed E-state index contributed by atoms with van der Waals surface area (Å²) in [5.74, 6) is 1.27. The summed E-state index contributed by atoms with van der Waals surface area (Å²) in [6.07, 6.45) is 3.44. The predicted molar refractivity (Wildman–Crippen MR) is 100 cm³/mol. The third-order valence-electron chi connectivity index (χ3n) is 5.64. The van der Waals surface area contributed by atoms with Crippen molar-refractivity contribution in [3.05, 3.63) is 24.4 Å². The van der Waals surface area contributed by atoms with E-state index in [4.69, 9.17) is 5.73 Å². The first kappa shape index (κ1) is 18.1. The van der Waals surface area contributed by atoms with Crippen molar-refractivity contribution < 1.29 is 4.79 Å². The molecule has 2 aliphatic heterocycles. The fraction of sp³-hybridized carbons (Fsp3) is 0.684. The molecule has 0 aliphatic carbocycles. The third-order valence-corrected chi connectivity index (χ3v) is 5.64. The number of piperazine rings is 1. The summed E-state index contributed by atoms with van der Waals surface area (Å²) in [5.41, 5.74) is 6.33. The second-order valence-corrected chi connectivity index (χ2v) is 7.97. The highest BCUT2D eigenvalue weighted by atomic mass is 16.2. The number of anilines is 1. The number of amides is 1. The first-order valence-corrected chi connectivity index (χ1v) is 9.37. The molecule has 2 aliphatic rings. The maximum Gasteiger partial charge on any atom is 0.223 e. The van der Waals surface area contributed by atoms with Gasteiger partial charge in [0.15, 0.2) is 0 Å². The van der Waals surface area contributed by atoms with Gasteiger partial charge in [0, 0.05) is 57.9 Å². The normalized spacial score (nSPS) is 24.4. The molecule has 25 heavy (non-hydrogen) atoms. The maximum atomic E-state index is 12.6. The zero-order chi connectivity index (χ0) is 17.9. The van der Waals surface area contributed by atoms with Crippen molar-refractivity contribution >= 4 is 11.7 Å². The topological polar surface area (TPSA) is 65.7 Å². The fourth-order valence-electron chi connectivity index (χ4n) is 3.81. The van der Waals surface area contributed by atoms with Gasteiger partial charge in [-0.05, 0) is 30.5 Å². The largest absolute Gasteiger partial charge is 0.353 e. The van der Waals surface area contributed by atoms with E-state index in [1.165, 1.54) is 0 Å². The van der Waals surface area contributed by atoms with Crippen LogP contribution < -0.4 is 10.6 Å². The minimum absolute atomic E-state index is 0.135. The van der Waals surface area contributed by atoms with Crippen LogP contribution in [-0.2, 0) is 4.79 Å². The molecule has 6 heteroatoms. The molecular formula is C19H31N5O. The van der Waals surface area contributed by atoms with Gasteiger partial charge in [-0.25, -0.2) is 4.98 Å². The summed E-state index contributed by atoms with van der Waals surface area (Å²) >= 11 is 0. The number of aromatic nitrogens is 1. The van der Waals surface area contributed by atoms with Crippen LogP contribution in [0.15, 0.2) is 24.4 Å². The number of hydrogen-bond acceptors (Lipinski definition) is 5. The minimum atomic E-state index is 0.135. The van der Waals surface area contributed by atoms with E-state index in [1.54, 1.807) is 0 Å². The number of hydrogen-bond donors (Lipinski definition) is 1. The Hall–Kier alpha value is -1.66. The quantitative estimate of drug-likeness (QED) is 0.888. The van der Waals surface area contributed by atoms with Crippen molar-refractivity contribution in [2.45, 2.75) is 32.7 Å². The van der Waals surface area contributed by atoms with Crippen LogP contribution in [0.2, 0.25) is 0 Å². The monoisotopic (exact) mass is 345 g/mol. The van der Waals surface area contributed by atoms with Crippen molar-refractivity contribution in [3.8, 4) is 0 Å². The van der Waals surface area contributed by atoms with Gasteiger partial charge in [0.25, 0.3) is 0 Å². The van der Waals surface area contributed by atoms with Crippen molar-refractivity contribution in [2.75, 3.05) is 50.7 Å². The summed E-state index contributed by atoms with van der Waals surface area (Å²) < 4.78 is 0. The molecule has 138 valence electrons. The van der Waals surface area contributed by atoms with E-state index in [9.17, 15) is 4.79 Å². The highest BCUT2D eigenvalue weighted by Crippen LogP contribution is 2.27. The number of likely N-dealkylation sites (tertiary alicyclic amines) is 1. The fourth-order valence-corrected chi connectivity index (χ4v) is 3.81. The van der Waals surface area contributed by atoms with E-state index < -0.39 is 0 Å². The third kappa shape index (κ3) is 4.50. The van der Waals surface area contributed by atoms with E-state index in [0.717, 1.165) is 58.1 Å². The van der Waals surface area contributed by atoms with E-state index in [0.29, 0.717) is 6.42 Å². The second kappa shape index (κ2) is 7.70. The van der Waals surface area contributed by atoms with Crippen molar-refractivity contribution in [1.29, 1.82) is 0 Å². The number of carbonyl (C=O) groups excluding carboxylic acids is 1. The Bertz CT molecular complexity index is 568. The van der Waals surface area contributed by atoms with Gasteiger partial charge in [0.2, 0.25) is 5.91 Å². The molecule has 2 saturated heterocycles. The minimum Gasteiger partial charge on any atom is -0.353 e. The number of carbonyl (C=O) groups is 1. The highest BCUT2D eigenvalue weighted by Gasteiger charge is 2.33. The van der Waals surface area contributed by atoms with Crippen molar-refractivity contribution in [1.82, 2.24) is 14.8 Å². The molecule has 0 radical (unpaired) electrons. The highest BCUT2D eigenvalue weighted by molar-refractivity contribution is 5.76. The lowest BCUT2D eigenvalue weighted by Gasteiger charge is -2.43. The molecular weight excluding hydrogens is 314 g/mol. The van der Waals surface area contributed by atoms with Gasteiger partial charge in [-0.1, -0.05) is 19.9 Å². The van der Waals surface area contributed by atoms with Crippen LogP contribution in [0.1, 0.15) is 26.7 Å². The lowest BCUT2D eigenvalue weighted by molar-refractivity contribution is -0.132. The molecule has 2 fully saturated rings. The predicted octanol–water partition coefficient (Wildman–Crippen LogP) is 1.18. The molecule has 3 heterocycles. The molecule has 2 N–H and O–H groups in total. The first-order valence-electron chi connectivity index (χ1n) is 9.37. The number of pyridine rings is 1. The van der Waals surface area contributed by atoms with Crippen LogP contribution in [0.5, 0.6) is 0 Å². The Balaban J connectivity index is 1.43. The Morgan fingerprint density at radius 3 is 2.64 bits per heavy atom. The second-order valence-electron chi connectivity index (χ2n) is 7.97. The smallest absolute Gasteiger partial charge is 0.223 e. The zero-order valence-electron chi connectivity index (χ0n) is 15.5. The molecule has 1 unspecified atom stereocenters. The number of rotatable bonds is 4. The van der Waals surface area contributed by atoms with E-state index in [-0.39, 0.29) is 17.4 Å². The summed E-state index contributed by atoms with van der Waals surface area (Å²) in [7, 11) is 0. The van der Waals surface area contributed by atoms with E-state index in [2.05, 4.69) is 28.6 Å². The van der Waals surface area contributed by atoms with E-state index in [1.807, 2.05) is 29.3 Å². The van der Waals surface area contributed by atoms with E-state index >= 15 is 0 Å². The summed E-state index contributed by atoms with van der Waals surface area (Å²) in [5, 5.41) is 0. The molecule has 1 aromatic rings. The van der Waals surface area contributed by atoms with Gasteiger partial charge in [-0.15, -0.1) is 0 Å². The van der Waals surface area contributed by atoms with Gasteiger partial charge in [-0.2, -0.15) is 0 Å². The van der Waals surface area contributed by atoms with Crippen LogP contribution in [-0.4, -0.2) is 72.5 Å². The molecule has 1 atom stereocenters. The number of nitrogens with two attached hydrogens (primary N) is 1. The molecule has 0 saturated carbocycles. The van der Waals surface area contributed by atoms with Gasteiger partial charge in [-0.3, -0.25) is 4.79 Å². The first-order chi connectivity index (χ1) is 12.0. The molecule has 0 aromatic carbocycles. The van der Waals surface area contributed by atoms with Crippen LogP contribution in [0.3, 0.4) is 0 Å². The van der Waals surface area contributed by atoms with Crippen molar-refractivity contribution in [3.63, 3.8) is 0 Å². The van der Waals surface area contributed by atoms with Crippen LogP contribution in [0.25, 0.3) is 0 Å². The van der Waals surface area contributed by atoms with Gasteiger partial charge in [0.05, 0.1) is 0 Å².